The van der Waals surface area contributed by atoms with E-state index in [-0.39, 0.29) is 11.8 Å². The van der Waals surface area contributed by atoms with E-state index in [2.05, 4.69) is 32.2 Å². The molecule has 0 aromatic heterocycles. The molecule has 0 saturated carbocycles. The fourth-order valence-corrected chi connectivity index (χ4v) is 3.63. The van der Waals surface area contributed by atoms with Gasteiger partial charge in [-0.25, -0.2) is 0 Å². The molecule has 6 heteroatoms. The average molecular weight is 430 g/mol. The third kappa shape index (κ3) is 6.19. The van der Waals surface area contributed by atoms with Gasteiger partial charge < -0.3 is 10.2 Å². The van der Waals surface area contributed by atoms with E-state index in [1.165, 1.54) is 0 Å². The fraction of sp³-hybridized carbons (Fsp3) is 0.333. The van der Waals surface area contributed by atoms with Gasteiger partial charge in [0, 0.05) is 42.8 Å². The van der Waals surface area contributed by atoms with Gasteiger partial charge in [0.05, 0.1) is 6.54 Å². The minimum atomic E-state index is -0.0179. The SMILES string of the molecule is O=C(CN1CCN(C(=O)CCc2cccc(Br)c2)CC1)Nc1ccccc1. The fourth-order valence-electron chi connectivity index (χ4n) is 3.18. The second-order valence-electron chi connectivity index (χ2n) is 6.70. The monoisotopic (exact) mass is 429 g/mol. The van der Waals surface area contributed by atoms with Crippen LogP contribution in [-0.4, -0.2) is 54.3 Å². The molecule has 142 valence electrons. The van der Waals surface area contributed by atoms with Gasteiger partial charge in [0.15, 0.2) is 0 Å². The van der Waals surface area contributed by atoms with Gasteiger partial charge in [0.2, 0.25) is 11.8 Å². The van der Waals surface area contributed by atoms with Crippen molar-refractivity contribution in [3.8, 4) is 0 Å². The van der Waals surface area contributed by atoms with Crippen LogP contribution in [0.5, 0.6) is 0 Å². The molecule has 0 bridgehead atoms. The molecule has 1 N–H and O–H groups in total. The van der Waals surface area contributed by atoms with Crippen molar-refractivity contribution in [3.63, 3.8) is 0 Å². The summed E-state index contributed by atoms with van der Waals surface area (Å²) in [4.78, 5) is 28.6. The Morgan fingerprint density at radius 3 is 2.41 bits per heavy atom. The lowest BCUT2D eigenvalue weighted by atomic mass is 10.1. The molecular formula is C21H24BrN3O2. The number of halogens is 1. The highest BCUT2D eigenvalue weighted by molar-refractivity contribution is 9.10. The van der Waals surface area contributed by atoms with Crippen molar-refractivity contribution in [1.29, 1.82) is 0 Å². The van der Waals surface area contributed by atoms with Crippen molar-refractivity contribution >= 4 is 33.4 Å². The summed E-state index contributed by atoms with van der Waals surface area (Å²) in [7, 11) is 0. The molecule has 0 unspecified atom stereocenters. The van der Waals surface area contributed by atoms with Crippen molar-refractivity contribution < 1.29 is 9.59 Å². The molecular weight excluding hydrogens is 406 g/mol. The Kier molecular flexibility index (Phi) is 7.01. The van der Waals surface area contributed by atoms with Crippen LogP contribution in [0.4, 0.5) is 5.69 Å². The lowest BCUT2D eigenvalue weighted by molar-refractivity contribution is -0.133. The molecule has 2 aromatic carbocycles. The molecule has 0 radical (unpaired) electrons. The van der Waals surface area contributed by atoms with Crippen LogP contribution in [0, 0.1) is 0 Å². The highest BCUT2D eigenvalue weighted by Gasteiger charge is 2.22. The molecule has 0 spiro atoms. The van der Waals surface area contributed by atoms with E-state index < -0.39 is 0 Å². The molecule has 27 heavy (non-hydrogen) atoms. The maximum absolute atomic E-state index is 12.4. The largest absolute Gasteiger partial charge is 0.340 e. The number of rotatable bonds is 6. The predicted octanol–water partition coefficient (Wildman–Crippen LogP) is 3.16. The van der Waals surface area contributed by atoms with Crippen LogP contribution < -0.4 is 5.32 Å². The maximum Gasteiger partial charge on any atom is 0.238 e. The summed E-state index contributed by atoms with van der Waals surface area (Å²) < 4.78 is 1.04. The molecule has 2 amide bonds. The van der Waals surface area contributed by atoms with Gasteiger partial charge in [-0.2, -0.15) is 0 Å². The highest BCUT2D eigenvalue weighted by atomic mass is 79.9. The van der Waals surface area contributed by atoms with Gasteiger partial charge in [-0.3, -0.25) is 14.5 Å². The second kappa shape index (κ2) is 9.67. The predicted molar refractivity (Wildman–Crippen MR) is 111 cm³/mol. The Balaban J connectivity index is 1.39. The number of piperazine rings is 1. The first-order valence-electron chi connectivity index (χ1n) is 9.19. The number of amides is 2. The van der Waals surface area contributed by atoms with Crippen molar-refractivity contribution in [1.82, 2.24) is 9.80 Å². The zero-order chi connectivity index (χ0) is 19.1. The number of hydrogen-bond donors (Lipinski definition) is 1. The number of carbonyl (C=O) groups is 2. The van der Waals surface area contributed by atoms with E-state index in [1.807, 2.05) is 53.4 Å². The molecule has 0 aliphatic carbocycles. The summed E-state index contributed by atoms with van der Waals surface area (Å²) in [6.45, 7) is 3.16. The molecule has 1 aliphatic rings. The van der Waals surface area contributed by atoms with Crippen LogP contribution in [0.2, 0.25) is 0 Å². The summed E-state index contributed by atoms with van der Waals surface area (Å²) in [6.07, 6.45) is 1.27. The van der Waals surface area contributed by atoms with Crippen LogP contribution in [0.3, 0.4) is 0 Å². The molecule has 2 aromatic rings. The number of nitrogens with zero attached hydrogens (tertiary/aromatic N) is 2. The van der Waals surface area contributed by atoms with Crippen molar-refractivity contribution in [2.75, 3.05) is 38.0 Å². The molecule has 1 heterocycles. The number of benzene rings is 2. The maximum atomic E-state index is 12.4. The summed E-state index contributed by atoms with van der Waals surface area (Å²) >= 11 is 3.46. The van der Waals surface area contributed by atoms with E-state index in [4.69, 9.17) is 0 Å². The minimum absolute atomic E-state index is 0.0179. The number of carbonyl (C=O) groups excluding carboxylic acids is 2. The molecule has 0 atom stereocenters. The first-order valence-corrected chi connectivity index (χ1v) is 9.99. The Bertz CT molecular complexity index is 774. The highest BCUT2D eigenvalue weighted by Crippen LogP contribution is 2.14. The number of anilines is 1. The van der Waals surface area contributed by atoms with Gasteiger partial charge in [-0.1, -0.05) is 46.3 Å². The summed E-state index contributed by atoms with van der Waals surface area (Å²) in [5, 5.41) is 2.90. The standard InChI is InChI=1S/C21H24BrN3O2/c22-18-6-4-5-17(15-18)9-10-21(27)25-13-11-24(12-14-25)16-20(26)23-19-7-2-1-3-8-19/h1-8,15H,9-14,16H2,(H,23,26). The van der Waals surface area contributed by atoms with Gasteiger partial charge in [0.25, 0.3) is 0 Å². The Hall–Kier alpha value is -2.18. The van der Waals surface area contributed by atoms with Gasteiger partial charge >= 0.3 is 0 Å². The molecule has 3 rings (SSSR count). The van der Waals surface area contributed by atoms with Gasteiger partial charge in [0.1, 0.15) is 0 Å². The van der Waals surface area contributed by atoms with Crippen molar-refractivity contribution in [2.45, 2.75) is 12.8 Å². The van der Waals surface area contributed by atoms with Crippen molar-refractivity contribution in [3.05, 3.63) is 64.6 Å². The second-order valence-corrected chi connectivity index (χ2v) is 7.62. The molecule has 1 aliphatic heterocycles. The van der Waals surface area contributed by atoms with E-state index in [1.54, 1.807) is 0 Å². The minimum Gasteiger partial charge on any atom is -0.340 e. The first-order chi connectivity index (χ1) is 13.1. The van der Waals surface area contributed by atoms with E-state index in [0.717, 1.165) is 35.2 Å². The zero-order valence-corrected chi connectivity index (χ0v) is 16.8. The molecule has 1 saturated heterocycles. The summed E-state index contributed by atoms with van der Waals surface area (Å²) in [5.41, 5.74) is 1.97. The van der Waals surface area contributed by atoms with Crippen molar-refractivity contribution in [2.24, 2.45) is 0 Å². The van der Waals surface area contributed by atoms with Crippen LogP contribution in [0.25, 0.3) is 0 Å². The number of nitrogens with one attached hydrogen (secondary N) is 1. The smallest absolute Gasteiger partial charge is 0.238 e. The van der Waals surface area contributed by atoms with Crippen LogP contribution in [-0.2, 0) is 16.0 Å². The lowest BCUT2D eigenvalue weighted by Gasteiger charge is -2.34. The summed E-state index contributed by atoms with van der Waals surface area (Å²) in [5.74, 6) is 0.166. The van der Waals surface area contributed by atoms with E-state index in [9.17, 15) is 9.59 Å². The average Bonchev–Trinajstić information content (AvgIpc) is 2.67. The Morgan fingerprint density at radius 1 is 0.963 bits per heavy atom. The van der Waals surface area contributed by atoms with Crippen LogP contribution in [0.15, 0.2) is 59.1 Å². The first kappa shape index (κ1) is 19.6. The third-order valence-electron chi connectivity index (χ3n) is 4.67. The quantitative estimate of drug-likeness (QED) is 0.766. The zero-order valence-electron chi connectivity index (χ0n) is 15.2. The molecule has 5 nitrogen and oxygen atoms in total. The topological polar surface area (TPSA) is 52.7 Å². The number of aryl methyl sites for hydroxylation is 1. The van der Waals surface area contributed by atoms with Gasteiger partial charge in [-0.05, 0) is 36.2 Å². The molecule has 1 fully saturated rings. The third-order valence-corrected chi connectivity index (χ3v) is 5.16. The summed E-state index contributed by atoms with van der Waals surface area (Å²) in [6, 6.07) is 17.5. The Morgan fingerprint density at radius 2 is 1.70 bits per heavy atom. The van der Waals surface area contributed by atoms with Crippen LogP contribution >= 0.6 is 15.9 Å². The van der Waals surface area contributed by atoms with E-state index in [0.29, 0.717) is 26.1 Å². The lowest BCUT2D eigenvalue weighted by Crippen LogP contribution is -2.50. The normalized spacial score (nSPS) is 14.8. The Labute approximate surface area is 168 Å². The van der Waals surface area contributed by atoms with Gasteiger partial charge in [-0.15, -0.1) is 0 Å². The van der Waals surface area contributed by atoms with E-state index >= 15 is 0 Å². The number of para-hydroxylation sites is 1. The van der Waals surface area contributed by atoms with Crippen LogP contribution in [0.1, 0.15) is 12.0 Å². The number of hydrogen-bond acceptors (Lipinski definition) is 3.